The van der Waals surface area contributed by atoms with Crippen molar-refractivity contribution in [2.75, 3.05) is 18.0 Å². The topological polar surface area (TPSA) is 29.0 Å². The molecule has 0 bridgehead atoms. The Kier molecular flexibility index (Phi) is 7.83. The van der Waals surface area contributed by atoms with Crippen LogP contribution in [0.2, 0.25) is 0 Å². The van der Waals surface area contributed by atoms with Crippen LogP contribution in [0, 0.1) is 0 Å². The van der Waals surface area contributed by atoms with Crippen molar-refractivity contribution < 1.29 is 66.1 Å². The van der Waals surface area contributed by atoms with E-state index in [4.69, 9.17) is 0 Å². The summed E-state index contributed by atoms with van der Waals surface area (Å²) in [5.41, 5.74) is -0.241. The summed E-state index contributed by atoms with van der Waals surface area (Å²) < 4.78 is 24.6. The van der Waals surface area contributed by atoms with E-state index in [0.29, 0.717) is 5.82 Å². The molecule has 0 aromatic carbocycles. The average molecular weight is 257 g/mol. The first-order chi connectivity index (χ1) is 6.77. The van der Waals surface area contributed by atoms with Gasteiger partial charge in [0.1, 0.15) is 11.4 Å². The summed E-state index contributed by atoms with van der Waals surface area (Å²) in [4.78, 5) is 9.62. The Morgan fingerprint density at radius 3 is 2.44 bits per heavy atom. The predicted octanol–water partition coefficient (Wildman–Crippen LogP) is -2.02. The molecule has 84 valence electrons. The minimum absolute atomic E-state index is 0. The fourth-order valence-electron chi connectivity index (χ4n) is 1.57. The molecular weight excluding hydrogens is 245 g/mol. The zero-order valence-corrected chi connectivity index (χ0v) is 12.2. The van der Waals surface area contributed by atoms with Crippen molar-refractivity contribution >= 4 is 18.7 Å². The third kappa shape index (κ3) is 3.99. The largest absolute Gasteiger partial charge is 1.00 e. The van der Waals surface area contributed by atoms with Crippen LogP contribution in [0.15, 0.2) is 12.4 Å². The van der Waals surface area contributed by atoms with E-state index in [1.165, 1.54) is 6.20 Å². The number of hydrogen-bond acceptors (Lipinski definition) is 3. The predicted molar refractivity (Wildman–Crippen MR) is 54.7 cm³/mol. The number of aromatic nitrogens is 2. The SMILES string of the molecule is F.FB(F)c1cncc(N2CCCC2)n1.[H-].[K+]. The maximum absolute atomic E-state index is 12.3. The van der Waals surface area contributed by atoms with Gasteiger partial charge in [0.15, 0.2) is 0 Å². The van der Waals surface area contributed by atoms with E-state index in [1.807, 2.05) is 4.90 Å². The van der Waals surface area contributed by atoms with Crippen molar-refractivity contribution in [3.8, 4) is 0 Å². The van der Waals surface area contributed by atoms with Gasteiger partial charge in [-0.2, -0.15) is 0 Å². The molecule has 1 aromatic rings. The van der Waals surface area contributed by atoms with Crippen LogP contribution >= 0.6 is 0 Å². The van der Waals surface area contributed by atoms with Gasteiger partial charge < -0.3 is 6.33 Å². The molecular formula is C8H12BF3KN3. The second-order valence-electron chi connectivity index (χ2n) is 3.30. The molecule has 16 heavy (non-hydrogen) atoms. The molecule has 1 aliphatic heterocycles. The molecule has 0 amide bonds. The van der Waals surface area contributed by atoms with Crippen molar-refractivity contribution in [1.29, 1.82) is 0 Å². The minimum atomic E-state index is -2.54. The fraction of sp³-hybridized carbons (Fsp3) is 0.500. The number of nitrogens with zero attached hydrogens (tertiary/aromatic N) is 3. The molecule has 2 rings (SSSR count). The van der Waals surface area contributed by atoms with E-state index < -0.39 is 7.27 Å². The number of rotatable bonds is 2. The van der Waals surface area contributed by atoms with Crippen LogP contribution in [-0.4, -0.2) is 30.3 Å². The summed E-state index contributed by atoms with van der Waals surface area (Å²) in [5.74, 6) is 0.570. The molecule has 1 fully saturated rings. The summed E-state index contributed by atoms with van der Waals surface area (Å²) in [6, 6.07) is 0. The monoisotopic (exact) mass is 257 g/mol. The molecule has 2 heterocycles. The third-order valence-electron chi connectivity index (χ3n) is 2.29. The van der Waals surface area contributed by atoms with Crippen molar-refractivity contribution in [2.24, 2.45) is 0 Å². The van der Waals surface area contributed by atoms with E-state index in [1.54, 1.807) is 0 Å². The molecule has 0 radical (unpaired) electrons. The van der Waals surface area contributed by atoms with Crippen LogP contribution in [-0.2, 0) is 0 Å². The second kappa shape index (κ2) is 7.65. The van der Waals surface area contributed by atoms with Gasteiger partial charge in [0, 0.05) is 19.3 Å². The molecule has 1 aliphatic rings. The summed E-state index contributed by atoms with van der Waals surface area (Å²) >= 11 is 0. The Hall–Kier alpha value is 0.371. The van der Waals surface area contributed by atoms with Gasteiger partial charge >= 0.3 is 58.7 Å². The van der Waals surface area contributed by atoms with E-state index in [0.717, 1.165) is 32.1 Å². The van der Waals surface area contributed by atoms with Crippen molar-refractivity contribution in [3.63, 3.8) is 0 Å². The van der Waals surface area contributed by atoms with Gasteiger partial charge in [0.25, 0.3) is 0 Å². The van der Waals surface area contributed by atoms with Crippen LogP contribution in [0.25, 0.3) is 0 Å². The Labute approximate surface area is 136 Å². The normalized spacial score (nSPS) is 14.0. The average Bonchev–Trinajstić information content (AvgIpc) is 2.71. The Bertz CT molecular complexity index is 329. The number of halogens is 3. The summed E-state index contributed by atoms with van der Waals surface area (Å²) in [6.07, 6.45) is 4.85. The molecule has 3 nitrogen and oxygen atoms in total. The van der Waals surface area contributed by atoms with E-state index in [-0.39, 0.29) is 63.1 Å². The minimum Gasteiger partial charge on any atom is -1.00 e. The Balaban J connectivity index is 0. The van der Waals surface area contributed by atoms with Gasteiger partial charge in [-0.05, 0) is 12.8 Å². The van der Waals surface area contributed by atoms with E-state index in [2.05, 4.69) is 9.97 Å². The number of hydrogen-bond donors (Lipinski definition) is 0. The van der Waals surface area contributed by atoms with Crippen LogP contribution < -0.4 is 61.9 Å². The summed E-state index contributed by atoms with van der Waals surface area (Å²) in [6.45, 7) is 1.78. The maximum atomic E-state index is 12.3. The van der Waals surface area contributed by atoms with Gasteiger partial charge in [-0.1, -0.05) is 0 Å². The molecule has 0 atom stereocenters. The maximum Gasteiger partial charge on any atom is 1.00 e. The smallest absolute Gasteiger partial charge is 1.00 e. The molecule has 0 unspecified atom stereocenters. The quantitative estimate of drug-likeness (QED) is 0.573. The van der Waals surface area contributed by atoms with Crippen LogP contribution in [0.4, 0.5) is 19.2 Å². The van der Waals surface area contributed by atoms with Gasteiger partial charge in [0.05, 0.1) is 6.20 Å². The van der Waals surface area contributed by atoms with Gasteiger partial charge in [-0.25, -0.2) is 4.98 Å². The zero-order chi connectivity index (χ0) is 9.97. The third-order valence-corrected chi connectivity index (χ3v) is 2.29. The first kappa shape index (κ1) is 16.4. The van der Waals surface area contributed by atoms with Gasteiger partial charge in [-0.15, -0.1) is 0 Å². The molecule has 0 N–H and O–H groups in total. The molecule has 8 heteroatoms. The molecule has 0 spiro atoms. The van der Waals surface area contributed by atoms with Crippen LogP contribution in [0.5, 0.6) is 0 Å². The first-order valence-electron chi connectivity index (χ1n) is 4.62. The van der Waals surface area contributed by atoms with E-state index >= 15 is 0 Å². The fourth-order valence-corrected chi connectivity index (χ4v) is 1.57. The Morgan fingerprint density at radius 1 is 1.25 bits per heavy atom. The summed E-state index contributed by atoms with van der Waals surface area (Å²) in [7, 11) is -2.54. The number of anilines is 1. The molecule has 1 aromatic heterocycles. The zero-order valence-electron chi connectivity index (χ0n) is 10.1. The molecule has 0 saturated carbocycles. The Morgan fingerprint density at radius 2 is 1.88 bits per heavy atom. The van der Waals surface area contributed by atoms with Crippen LogP contribution in [0.3, 0.4) is 0 Å². The second-order valence-corrected chi connectivity index (χ2v) is 3.30. The van der Waals surface area contributed by atoms with Gasteiger partial charge in [0.2, 0.25) is 0 Å². The van der Waals surface area contributed by atoms with Crippen LogP contribution in [0.1, 0.15) is 14.3 Å². The summed E-state index contributed by atoms with van der Waals surface area (Å²) in [5, 5.41) is 0. The van der Waals surface area contributed by atoms with Crippen molar-refractivity contribution in [3.05, 3.63) is 12.4 Å². The van der Waals surface area contributed by atoms with Crippen molar-refractivity contribution in [2.45, 2.75) is 12.8 Å². The standard InChI is InChI=1S/C8H10BF2N3.FH.K.H/c10-9(11)7-5-12-6-8(13-7)14-3-1-2-4-14;;;/h5-6H,1-4H2;1H;;/q;;+1;-1. The molecule has 1 saturated heterocycles. The van der Waals surface area contributed by atoms with E-state index in [9.17, 15) is 8.63 Å². The van der Waals surface area contributed by atoms with Crippen molar-refractivity contribution in [1.82, 2.24) is 9.97 Å². The molecule has 0 aliphatic carbocycles. The first-order valence-corrected chi connectivity index (χ1v) is 4.62. The van der Waals surface area contributed by atoms with Gasteiger partial charge in [-0.3, -0.25) is 18.3 Å².